The van der Waals surface area contributed by atoms with Gasteiger partial charge in [-0.05, 0) is 36.2 Å². The molecule has 2 aromatic carbocycles. The Bertz CT molecular complexity index is 714. The van der Waals surface area contributed by atoms with Crippen molar-refractivity contribution < 1.29 is 24.4 Å². The van der Waals surface area contributed by atoms with Crippen LogP contribution in [0.1, 0.15) is 16.7 Å². The fraction of sp³-hybridized carbons (Fsp3) is 0.455. The van der Waals surface area contributed by atoms with Crippen molar-refractivity contribution in [2.75, 3.05) is 46.5 Å². The highest BCUT2D eigenvalue weighted by atomic mass is 16.5. The summed E-state index contributed by atoms with van der Waals surface area (Å²) in [6, 6.07) is 14.5. The first-order valence-corrected chi connectivity index (χ1v) is 9.83. The van der Waals surface area contributed by atoms with Crippen LogP contribution < -0.4 is 19.7 Å². The lowest BCUT2D eigenvalue weighted by Gasteiger charge is -2.22. The highest BCUT2D eigenvalue weighted by Crippen LogP contribution is 2.28. The number of hydrogen-bond donors (Lipinski definition) is 2. The van der Waals surface area contributed by atoms with Crippen LogP contribution in [-0.2, 0) is 17.9 Å². The molecule has 27 heavy (non-hydrogen) atoms. The number of hydrogen-bond acceptors (Lipinski definition) is 3. The summed E-state index contributed by atoms with van der Waals surface area (Å²) in [6.45, 7) is 10.0. The minimum atomic E-state index is 0.552. The van der Waals surface area contributed by atoms with Gasteiger partial charge < -0.3 is 24.4 Å². The zero-order valence-corrected chi connectivity index (χ0v) is 16.5. The Balaban J connectivity index is 1.48. The molecule has 0 amide bonds. The minimum Gasteiger partial charge on any atom is -0.493 e. The van der Waals surface area contributed by atoms with E-state index in [0.717, 1.165) is 50.9 Å². The van der Waals surface area contributed by atoms with Gasteiger partial charge in [-0.15, -0.1) is 0 Å². The van der Waals surface area contributed by atoms with Crippen LogP contribution in [0.4, 0.5) is 0 Å². The Morgan fingerprint density at radius 1 is 1.07 bits per heavy atom. The molecule has 0 bridgehead atoms. The molecule has 0 radical (unpaired) electrons. The first-order valence-electron chi connectivity index (χ1n) is 9.83. The smallest absolute Gasteiger partial charge is 0.161 e. The van der Waals surface area contributed by atoms with Crippen molar-refractivity contribution in [3.8, 4) is 11.5 Å². The Labute approximate surface area is 162 Å². The molecule has 2 aromatic rings. The number of methoxy groups -OCH3 is 1. The van der Waals surface area contributed by atoms with E-state index in [2.05, 4.69) is 36.5 Å². The van der Waals surface area contributed by atoms with Gasteiger partial charge in [0.2, 0.25) is 0 Å². The first kappa shape index (κ1) is 19.7. The van der Waals surface area contributed by atoms with Crippen molar-refractivity contribution in [2.45, 2.75) is 20.1 Å². The number of nitrogens with two attached hydrogens (primary N) is 1. The SMILES string of the molecule is COc1cc(C[NH2+]CC[NH+]2CCOCC2)ccc1OCc1ccccc1C. The molecule has 5 heteroatoms. The number of quaternary nitrogens is 2. The second-order valence-corrected chi connectivity index (χ2v) is 7.09. The minimum absolute atomic E-state index is 0.552. The number of rotatable bonds is 9. The molecule has 0 unspecified atom stereocenters. The fourth-order valence-corrected chi connectivity index (χ4v) is 3.37. The predicted octanol–water partition coefficient (Wildman–Crippen LogP) is 0.561. The highest BCUT2D eigenvalue weighted by molar-refractivity contribution is 5.43. The van der Waals surface area contributed by atoms with Gasteiger partial charge in [-0.1, -0.05) is 24.3 Å². The zero-order chi connectivity index (χ0) is 18.9. The molecule has 0 atom stereocenters. The van der Waals surface area contributed by atoms with Crippen molar-refractivity contribution in [3.05, 3.63) is 59.2 Å². The number of morpholine rings is 1. The molecule has 0 saturated carbocycles. The van der Waals surface area contributed by atoms with E-state index >= 15 is 0 Å². The van der Waals surface area contributed by atoms with Gasteiger partial charge in [0.1, 0.15) is 39.3 Å². The van der Waals surface area contributed by atoms with Crippen LogP contribution in [0, 0.1) is 6.92 Å². The lowest BCUT2D eigenvalue weighted by molar-refractivity contribution is -0.920. The van der Waals surface area contributed by atoms with Gasteiger partial charge in [-0.2, -0.15) is 0 Å². The van der Waals surface area contributed by atoms with E-state index < -0.39 is 0 Å². The number of ether oxygens (including phenoxy) is 3. The number of benzene rings is 2. The van der Waals surface area contributed by atoms with Crippen LogP contribution in [-0.4, -0.2) is 46.5 Å². The highest BCUT2D eigenvalue weighted by Gasteiger charge is 2.14. The monoisotopic (exact) mass is 372 g/mol. The Kier molecular flexibility index (Phi) is 7.51. The Morgan fingerprint density at radius 3 is 2.67 bits per heavy atom. The third-order valence-corrected chi connectivity index (χ3v) is 5.15. The summed E-state index contributed by atoms with van der Waals surface area (Å²) in [5.74, 6) is 1.59. The van der Waals surface area contributed by atoms with Crippen LogP contribution >= 0.6 is 0 Å². The summed E-state index contributed by atoms with van der Waals surface area (Å²) < 4.78 is 17.0. The summed E-state index contributed by atoms with van der Waals surface area (Å²) in [5.41, 5.74) is 3.69. The maximum absolute atomic E-state index is 6.00. The van der Waals surface area contributed by atoms with Crippen LogP contribution in [0.2, 0.25) is 0 Å². The average Bonchev–Trinajstić information content (AvgIpc) is 2.72. The van der Waals surface area contributed by atoms with Gasteiger partial charge in [-0.3, -0.25) is 0 Å². The summed E-state index contributed by atoms with van der Waals surface area (Å²) in [4.78, 5) is 1.65. The molecular formula is C22H32N2O3+2. The second-order valence-electron chi connectivity index (χ2n) is 7.09. The van der Waals surface area contributed by atoms with Crippen LogP contribution in [0.3, 0.4) is 0 Å². The average molecular weight is 373 g/mol. The molecule has 3 rings (SSSR count). The summed E-state index contributed by atoms with van der Waals surface area (Å²) in [6.07, 6.45) is 0. The van der Waals surface area contributed by atoms with E-state index in [9.17, 15) is 0 Å². The fourth-order valence-electron chi connectivity index (χ4n) is 3.37. The molecule has 0 aliphatic carbocycles. The largest absolute Gasteiger partial charge is 0.493 e. The molecule has 1 aliphatic rings. The lowest BCUT2D eigenvalue weighted by atomic mass is 10.1. The van der Waals surface area contributed by atoms with Gasteiger partial charge in [0, 0.05) is 5.56 Å². The Hall–Kier alpha value is -2.08. The van der Waals surface area contributed by atoms with E-state index in [0.29, 0.717) is 6.61 Å². The van der Waals surface area contributed by atoms with E-state index in [1.807, 2.05) is 18.2 Å². The quantitative estimate of drug-likeness (QED) is 0.633. The third kappa shape index (κ3) is 5.96. The first-order chi connectivity index (χ1) is 13.3. The van der Waals surface area contributed by atoms with Gasteiger partial charge >= 0.3 is 0 Å². The third-order valence-electron chi connectivity index (χ3n) is 5.15. The van der Waals surface area contributed by atoms with Crippen molar-refractivity contribution >= 4 is 0 Å². The number of nitrogens with one attached hydrogen (secondary N) is 1. The maximum Gasteiger partial charge on any atom is 0.161 e. The van der Waals surface area contributed by atoms with Gasteiger partial charge in [0.25, 0.3) is 0 Å². The summed E-state index contributed by atoms with van der Waals surface area (Å²) >= 11 is 0. The molecule has 0 aromatic heterocycles. The molecule has 1 aliphatic heterocycles. The van der Waals surface area contributed by atoms with Gasteiger partial charge in [0.15, 0.2) is 11.5 Å². The van der Waals surface area contributed by atoms with Gasteiger partial charge in [0.05, 0.1) is 20.3 Å². The van der Waals surface area contributed by atoms with Crippen molar-refractivity contribution in [1.29, 1.82) is 0 Å². The van der Waals surface area contributed by atoms with E-state index in [-0.39, 0.29) is 0 Å². The maximum atomic E-state index is 6.00. The second kappa shape index (κ2) is 10.3. The molecule has 5 nitrogen and oxygen atoms in total. The summed E-state index contributed by atoms with van der Waals surface area (Å²) in [5, 5.41) is 2.37. The van der Waals surface area contributed by atoms with Crippen molar-refractivity contribution in [1.82, 2.24) is 0 Å². The normalized spacial score (nSPS) is 14.9. The number of aryl methyl sites for hydroxylation is 1. The van der Waals surface area contributed by atoms with E-state index in [4.69, 9.17) is 14.2 Å². The van der Waals surface area contributed by atoms with Crippen LogP contribution in [0.15, 0.2) is 42.5 Å². The molecule has 146 valence electrons. The van der Waals surface area contributed by atoms with Crippen molar-refractivity contribution in [3.63, 3.8) is 0 Å². The van der Waals surface area contributed by atoms with E-state index in [1.54, 1.807) is 12.0 Å². The topological polar surface area (TPSA) is 48.7 Å². The molecular weight excluding hydrogens is 340 g/mol. The van der Waals surface area contributed by atoms with Crippen LogP contribution in [0.25, 0.3) is 0 Å². The molecule has 1 heterocycles. The van der Waals surface area contributed by atoms with E-state index in [1.165, 1.54) is 23.2 Å². The van der Waals surface area contributed by atoms with Crippen LogP contribution in [0.5, 0.6) is 11.5 Å². The lowest BCUT2D eigenvalue weighted by Crippen LogP contribution is -3.16. The summed E-state index contributed by atoms with van der Waals surface area (Å²) in [7, 11) is 1.70. The molecule has 1 fully saturated rings. The molecule has 1 saturated heterocycles. The molecule has 0 spiro atoms. The zero-order valence-electron chi connectivity index (χ0n) is 16.5. The van der Waals surface area contributed by atoms with Crippen molar-refractivity contribution in [2.24, 2.45) is 0 Å². The van der Waals surface area contributed by atoms with Gasteiger partial charge in [-0.25, -0.2) is 0 Å². The molecule has 3 N–H and O–H groups in total. The standard InChI is InChI=1S/C22H30N2O3/c1-18-5-3-4-6-20(18)17-27-21-8-7-19(15-22(21)25-2)16-23-9-10-24-11-13-26-14-12-24/h3-8,15,23H,9-14,16-17H2,1-2H3/p+2. The Morgan fingerprint density at radius 2 is 1.89 bits per heavy atom. The predicted molar refractivity (Wildman–Crippen MR) is 105 cm³/mol.